The molecule has 176 valence electrons. The van der Waals surface area contributed by atoms with Crippen LogP contribution in [-0.2, 0) is 19.4 Å². The number of rotatable bonds is 6. The Morgan fingerprint density at radius 3 is 2.30 bits per heavy atom. The van der Waals surface area contributed by atoms with Crippen LogP contribution in [0.2, 0.25) is 0 Å². The summed E-state index contributed by atoms with van der Waals surface area (Å²) in [6.45, 7) is 1.55. The van der Waals surface area contributed by atoms with Crippen LogP contribution in [0.25, 0.3) is 0 Å². The van der Waals surface area contributed by atoms with Crippen molar-refractivity contribution in [2.45, 2.75) is 47.8 Å². The molecular formula is C24H30N4O4S. The second-order valence-electron chi connectivity index (χ2n) is 8.67. The van der Waals surface area contributed by atoms with Crippen LogP contribution in [0.4, 0.5) is 11.4 Å². The van der Waals surface area contributed by atoms with Gasteiger partial charge >= 0.3 is 0 Å². The monoisotopic (exact) mass is 470 g/mol. The standard InChI is InChI=1S/C24H30N4O4S/c25-23(30)24(13-15-26-16-14-24)33(31,32)20-11-9-19(10-12-20)28-17-5-4-8-21(28)22(29)27-18-6-2-1-3-7-18/h1-3,6-7,9-12,21,26H,4-5,8,13-17H2,(H2,25,30)(H,27,29). The third kappa shape index (κ3) is 4.47. The number of nitrogens with zero attached hydrogens (tertiary/aromatic N) is 1. The van der Waals surface area contributed by atoms with Gasteiger partial charge < -0.3 is 21.3 Å². The average Bonchev–Trinajstić information content (AvgIpc) is 2.85. The van der Waals surface area contributed by atoms with Crippen molar-refractivity contribution in [3.8, 4) is 0 Å². The molecule has 2 aromatic rings. The number of hydrogen-bond donors (Lipinski definition) is 3. The third-order valence-corrected chi connectivity index (χ3v) is 9.23. The molecule has 2 aromatic carbocycles. The Bertz CT molecular complexity index is 1100. The van der Waals surface area contributed by atoms with Gasteiger partial charge in [0.15, 0.2) is 14.6 Å². The Balaban J connectivity index is 1.57. The predicted molar refractivity (Wildman–Crippen MR) is 128 cm³/mol. The highest BCUT2D eigenvalue weighted by Crippen LogP contribution is 2.35. The average molecular weight is 471 g/mol. The molecule has 8 nitrogen and oxygen atoms in total. The van der Waals surface area contributed by atoms with E-state index < -0.39 is 20.5 Å². The Morgan fingerprint density at radius 2 is 1.67 bits per heavy atom. The van der Waals surface area contributed by atoms with E-state index in [0.717, 1.165) is 30.6 Å². The molecule has 2 aliphatic rings. The summed E-state index contributed by atoms with van der Waals surface area (Å²) in [5.41, 5.74) is 7.11. The normalized spacial score (nSPS) is 20.7. The van der Waals surface area contributed by atoms with E-state index in [1.54, 1.807) is 12.1 Å². The van der Waals surface area contributed by atoms with Crippen LogP contribution >= 0.6 is 0 Å². The Morgan fingerprint density at radius 1 is 1.00 bits per heavy atom. The number of primary amides is 1. The van der Waals surface area contributed by atoms with Crippen LogP contribution in [0.5, 0.6) is 0 Å². The minimum atomic E-state index is -3.95. The molecule has 2 saturated heterocycles. The fourth-order valence-electron chi connectivity index (χ4n) is 4.78. The first-order valence-electron chi connectivity index (χ1n) is 11.3. The lowest BCUT2D eigenvalue weighted by Gasteiger charge is -2.37. The Hall–Kier alpha value is -2.91. The summed E-state index contributed by atoms with van der Waals surface area (Å²) in [4.78, 5) is 27.3. The second-order valence-corrected chi connectivity index (χ2v) is 10.9. The van der Waals surface area contributed by atoms with Crippen molar-refractivity contribution in [3.05, 3.63) is 54.6 Å². The maximum absolute atomic E-state index is 13.4. The maximum atomic E-state index is 13.4. The van der Waals surface area contributed by atoms with Crippen LogP contribution in [0.15, 0.2) is 59.5 Å². The van der Waals surface area contributed by atoms with Gasteiger partial charge in [0, 0.05) is 17.9 Å². The molecule has 0 radical (unpaired) electrons. The number of anilines is 2. The smallest absolute Gasteiger partial charge is 0.247 e. The van der Waals surface area contributed by atoms with E-state index in [9.17, 15) is 18.0 Å². The summed E-state index contributed by atoms with van der Waals surface area (Å²) in [6, 6.07) is 15.5. The minimum absolute atomic E-state index is 0.0780. The number of nitrogens with one attached hydrogen (secondary N) is 2. The van der Waals surface area contributed by atoms with Gasteiger partial charge in [-0.05, 0) is 81.6 Å². The molecule has 0 saturated carbocycles. The first kappa shape index (κ1) is 23.3. The Labute approximate surface area is 194 Å². The number of nitrogens with two attached hydrogens (primary N) is 1. The van der Waals surface area contributed by atoms with Gasteiger partial charge in [-0.3, -0.25) is 9.59 Å². The highest BCUT2D eigenvalue weighted by atomic mass is 32.2. The molecule has 9 heteroatoms. The van der Waals surface area contributed by atoms with E-state index in [-0.39, 0.29) is 29.7 Å². The Kier molecular flexibility index (Phi) is 6.71. The van der Waals surface area contributed by atoms with E-state index in [2.05, 4.69) is 10.6 Å². The van der Waals surface area contributed by atoms with Gasteiger partial charge in [0.25, 0.3) is 0 Å². The highest BCUT2D eigenvalue weighted by Gasteiger charge is 2.50. The number of benzene rings is 2. The lowest BCUT2D eigenvalue weighted by Crippen LogP contribution is -2.56. The van der Waals surface area contributed by atoms with Crippen molar-refractivity contribution in [1.82, 2.24) is 5.32 Å². The lowest BCUT2D eigenvalue weighted by atomic mass is 9.96. The molecule has 1 unspecified atom stereocenters. The summed E-state index contributed by atoms with van der Waals surface area (Å²) < 4.78 is 25.2. The molecule has 1 atom stereocenters. The lowest BCUT2D eigenvalue weighted by molar-refractivity contribution is -0.121. The third-order valence-electron chi connectivity index (χ3n) is 6.70. The van der Waals surface area contributed by atoms with Crippen LogP contribution in [0, 0.1) is 0 Å². The van der Waals surface area contributed by atoms with E-state index in [0.29, 0.717) is 19.6 Å². The molecule has 0 aromatic heterocycles. The number of carbonyl (C=O) groups is 2. The molecular weight excluding hydrogens is 440 g/mol. The SMILES string of the molecule is NC(=O)C1(S(=O)(=O)c2ccc(N3CCCCC3C(=O)Nc3ccccc3)cc2)CCNCC1. The van der Waals surface area contributed by atoms with E-state index >= 15 is 0 Å². The number of amides is 2. The predicted octanol–water partition coefficient (Wildman–Crippen LogP) is 2.07. The van der Waals surface area contributed by atoms with Gasteiger partial charge in [-0.25, -0.2) is 8.42 Å². The molecule has 33 heavy (non-hydrogen) atoms. The molecule has 0 spiro atoms. The van der Waals surface area contributed by atoms with Gasteiger partial charge in [-0.15, -0.1) is 0 Å². The van der Waals surface area contributed by atoms with E-state index in [1.165, 1.54) is 12.1 Å². The van der Waals surface area contributed by atoms with Crippen LogP contribution in [0.3, 0.4) is 0 Å². The first-order valence-corrected chi connectivity index (χ1v) is 12.8. The first-order chi connectivity index (χ1) is 15.8. The van der Waals surface area contributed by atoms with E-state index in [1.807, 2.05) is 35.2 Å². The van der Waals surface area contributed by atoms with Gasteiger partial charge in [-0.2, -0.15) is 0 Å². The number of piperidine rings is 2. The molecule has 2 fully saturated rings. The van der Waals surface area contributed by atoms with Gasteiger partial charge in [0.1, 0.15) is 6.04 Å². The van der Waals surface area contributed by atoms with Crippen LogP contribution < -0.4 is 21.3 Å². The summed E-state index contributed by atoms with van der Waals surface area (Å²) in [6.07, 6.45) is 2.93. The highest BCUT2D eigenvalue weighted by molar-refractivity contribution is 7.93. The zero-order valence-corrected chi connectivity index (χ0v) is 19.3. The quantitative estimate of drug-likeness (QED) is 0.594. The second kappa shape index (κ2) is 9.52. The molecule has 2 heterocycles. The number of para-hydroxylation sites is 1. The molecule has 4 N–H and O–H groups in total. The maximum Gasteiger partial charge on any atom is 0.247 e. The van der Waals surface area contributed by atoms with Crippen molar-refractivity contribution in [3.63, 3.8) is 0 Å². The summed E-state index contributed by atoms with van der Waals surface area (Å²) in [5, 5.41) is 6.06. The van der Waals surface area contributed by atoms with Crippen LogP contribution in [-0.4, -0.2) is 50.7 Å². The van der Waals surface area contributed by atoms with Gasteiger partial charge in [-0.1, -0.05) is 18.2 Å². The summed E-state index contributed by atoms with van der Waals surface area (Å²) >= 11 is 0. The van der Waals surface area contributed by atoms with Crippen molar-refractivity contribution in [1.29, 1.82) is 0 Å². The number of hydrogen-bond acceptors (Lipinski definition) is 6. The topological polar surface area (TPSA) is 122 Å². The van der Waals surface area contributed by atoms with Gasteiger partial charge in [0.2, 0.25) is 11.8 Å². The summed E-state index contributed by atoms with van der Waals surface area (Å²) in [7, 11) is -3.95. The van der Waals surface area contributed by atoms with Crippen molar-refractivity contribution in [2.75, 3.05) is 29.9 Å². The van der Waals surface area contributed by atoms with Crippen molar-refractivity contribution < 1.29 is 18.0 Å². The molecule has 0 aliphatic carbocycles. The number of carbonyl (C=O) groups excluding carboxylic acids is 2. The molecule has 4 rings (SSSR count). The van der Waals surface area contributed by atoms with Crippen molar-refractivity contribution in [2.24, 2.45) is 5.73 Å². The zero-order chi connectivity index (χ0) is 23.5. The van der Waals surface area contributed by atoms with Gasteiger partial charge in [0.05, 0.1) is 4.90 Å². The summed E-state index contributed by atoms with van der Waals surface area (Å²) in [5.74, 6) is -0.887. The largest absolute Gasteiger partial charge is 0.368 e. The molecule has 2 amide bonds. The number of sulfone groups is 1. The molecule has 2 aliphatic heterocycles. The van der Waals surface area contributed by atoms with E-state index in [4.69, 9.17) is 5.73 Å². The minimum Gasteiger partial charge on any atom is -0.368 e. The fraction of sp³-hybridized carbons (Fsp3) is 0.417. The zero-order valence-electron chi connectivity index (χ0n) is 18.5. The molecule has 0 bridgehead atoms. The fourth-order valence-corrected chi connectivity index (χ4v) is 6.73. The van der Waals surface area contributed by atoms with Crippen LogP contribution in [0.1, 0.15) is 32.1 Å². The van der Waals surface area contributed by atoms with Crippen molar-refractivity contribution >= 4 is 33.0 Å².